The van der Waals surface area contributed by atoms with Gasteiger partial charge in [-0.3, -0.25) is 24.4 Å². The Labute approximate surface area is 608 Å². The molecule has 0 spiro atoms. The van der Waals surface area contributed by atoms with E-state index in [0.29, 0.717) is 68.3 Å². The van der Waals surface area contributed by atoms with E-state index in [1.807, 2.05) is 10.7 Å². The zero-order chi connectivity index (χ0) is 80.3. The molecule has 0 unspecified atom stereocenters. The fourth-order valence-corrected chi connectivity index (χ4v) is 9.09. The van der Waals surface area contributed by atoms with E-state index in [1.54, 1.807) is 42.7 Å². The van der Waals surface area contributed by atoms with Gasteiger partial charge in [0.05, 0.1) is 62.6 Å². The number of carbonyl (C=O) groups is 6. The van der Waals surface area contributed by atoms with E-state index in [2.05, 4.69) is 67.8 Å². The first-order valence-corrected chi connectivity index (χ1v) is 30.2. The molecule has 7 aromatic carbocycles. The number of rotatable bonds is 13. The molecule has 0 aliphatic heterocycles. The van der Waals surface area contributed by atoms with Crippen LogP contribution in [0.2, 0.25) is 0 Å². The Balaban J connectivity index is 0.000000202. The second-order valence-electron chi connectivity index (χ2n) is 21.0. The summed E-state index contributed by atoms with van der Waals surface area (Å²) in [4.78, 5) is 108. The molecule has 0 bridgehead atoms. The molecule has 6 aromatic heterocycles. The number of aliphatic hydroxyl groups is 1. The van der Waals surface area contributed by atoms with Gasteiger partial charge >= 0.3 is 29.6 Å². The summed E-state index contributed by atoms with van der Waals surface area (Å²) in [6, 6.07) is 22.9. The number of nitro groups is 1. The number of phenols is 9. The number of nitro benzene ring substituents is 1. The Morgan fingerprint density at radius 2 is 0.972 bits per heavy atom. The maximum absolute atomic E-state index is 11.5. The topological polar surface area (TPSA) is 631 Å². The fourth-order valence-electron chi connectivity index (χ4n) is 9.09. The number of esters is 4. The minimum absolute atomic E-state index is 0.00231. The number of methoxy groups -OCH3 is 4. The fraction of sp³-hybridized carbons (Fsp3) is 0.132. The van der Waals surface area contributed by atoms with Crippen LogP contribution in [0, 0.1) is 20.2 Å². The van der Waals surface area contributed by atoms with E-state index in [1.165, 1.54) is 94.7 Å². The molecular weight excluding hydrogens is 1450 g/mol. The van der Waals surface area contributed by atoms with Crippen LogP contribution in [0.3, 0.4) is 0 Å². The smallest absolute Gasteiger partial charge is 0.345 e. The highest BCUT2D eigenvalue weighted by Crippen LogP contribution is 2.37. The van der Waals surface area contributed by atoms with E-state index in [-0.39, 0.29) is 87.3 Å². The molecule has 0 fully saturated rings. The van der Waals surface area contributed by atoms with Crippen LogP contribution < -0.4 is 10.5 Å². The lowest BCUT2D eigenvalue weighted by Gasteiger charge is -2.14. The van der Waals surface area contributed by atoms with Gasteiger partial charge in [-0.05, 0) is 98.8 Å². The summed E-state index contributed by atoms with van der Waals surface area (Å²) in [5.74, 6) is -6.00. The van der Waals surface area contributed by atoms with Crippen LogP contribution >= 0.6 is 0 Å². The van der Waals surface area contributed by atoms with Crippen molar-refractivity contribution in [2.45, 2.75) is 33.1 Å². The molecule has 109 heavy (non-hydrogen) atoms. The lowest BCUT2D eigenvalue weighted by molar-refractivity contribution is -0.742. The van der Waals surface area contributed by atoms with Crippen molar-refractivity contribution in [3.8, 4) is 68.9 Å². The number of nitrogens with zero attached hydrogens (tertiary/aromatic N) is 10. The number of fused-ring (bicyclic) bond motifs is 4. The van der Waals surface area contributed by atoms with Gasteiger partial charge in [0.2, 0.25) is 5.75 Å². The Bertz CT molecular complexity index is 5370. The van der Waals surface area contributed by atoms with Crippen LogP contribution in [-0.2, 0) is 32.2 Å². The maximum Gasteiger partial charge on any atom is 0.345 e. The normalized spacial score (nSPS) is 10.2. The summed E-state index contributed by atoms with van der Waals surface area (Å²) >= 11 is 0. The monoisotopic (exact) mass is 1510 g/mol. The van der Waals surface area contributed by atoms with Crippen molar-refractivity contribution in [3.05, 3.63) is 206 Å². The minimum Gasteiger partial charge on any atom is -0.507 e. The number of aromatic hydroxyl groups is 9. The summed E-state index contributed by atoms with van der Waals surface area (Å²) in [6.07, 6.45) is 11.2. The molecule has 0 atom stereocenters. The Morgan fingerprint density at radius 3 is 1.50 bits per heavy atom. The van der Waals surface area contributed by atoms with Gasteiger partial charge < -0.3 is 103 Å². The number of hydrogen-bond donors (Lipinski definition) is 12. The summed E-state index contributed by atoms with van der Waals surface area (Å²) < 4.78 is 45.4. The highest BCUT2D eigenvalue weighted by Gasteiger charge is 2.27. The Kier molecular flexibility index (Phi) is 29.1. The molecule has 568 valence electrons. The molecule has 0 saturated carbocycles. The summed E-state index contributed by atoms with van der Waals surface area (Å²) in [5.41, 5.74) is 10.5. The van der Waals surface area contributed by atoms with Crippen LogP contribution in [0.5, 0.6) is 57.5 Å². The molecule has 0 radical (unpaired) electrons. The first-order valence-electron chi connectivity index (χ1n) is 30.2. The zero-order valence-electron chi connectivity index (χ0n) is 57.2. The number of benzene rings is 7. The first-order chi connectivity index (χ1) is 52.0. The SMILES string of the molecule is CC(C)n1nccc1-c1ncncc1COc1ccc2ncoc2c1C=O.COC(=O)c1c(O)ccc(N)c1O.COC(=O)c1c(O)ccc([N+](=O)[O-])c1O.COC(=O)c1c(O)ccc2ncoc12.COC(=O)c1c(O)cccc1O.O=Cc1c(O)ccc2ncoc12.O=[N+]([O-])O.OCc1c(O)ccc2ncoc12. The molecule has 0 saturated heterocycles. The summed E-state index contributed by atoms with van der Waals surface area (Å²) in [5, 5.41) is 121. The number of hydrogen-bond acceptors (Lipinski definition) is 37. The van der Waals surface area contributed by atoms with Gasteiger partial charge in [-0.25, -0.2) is 49.1 Å². The lowest BCUT2D eigenvalue weighted by Crippen LogP contribution is -2.08. The highest BCUT2D eigenvalue weighted by molar-refractivity contribution is 6.04. The van der Waals surface area contributed by atoms with E-state index >= 15 is 0 Å². The highest BCUT2D eigenvalue weighted by atomic mass is 16.9. The average molecular weight is 1510 g/mol. The molecule has 13 aromatic rings. The molecular formula is C68H61N11O30. The van der Waals surface area contributed by atoms with Crippen LogP contribution in [0.4, 0.5) is 11.4 Å². The minimum atomic E-state index is -1.50. The van der Waals surface area contributed by atoms with Crippen LogP contribution in [0.1, 0.15) is 93.2 Å². The number of nitrogens with two attached hydrogens (primary N) is 1. The molecule has 41 heteroatoms. The third kappa shape index (κ3) is 20.3. The van der Waals surface area contributed by atoms with Gasteiger partial charge in [0.15, 0.2) is 71.8 Å². The molecule has 6 heterocycles. The third-order valence-electron chi connectivity index (χ3n) is 14.1. The summed E-state index contributed by atoms with van der Waals surface area (Å²) in [6.45, 7) is 4.05. The van der Waals surface area contributed by atoms with E-state index < -0.39 is 62.4 Å². The molecule has 0 aliphatic rings. The van der Waals surface area contributed by atoms with Crippen molar-refractivity contribution < 1.29 is 136 Å². The van der Waals surface area contributed by atoms with Gasteiger partial charge in [-0.1, -0.05) is 6.07 Å². The van der Waals surface area contributed by atoms with Crippen molar-refractivity contribution in [1.82, 2.24) is 39.7 Å². The number of aldehydes is 2. The maximum atomic E-state index is 11.5. The van der Waals surface area contributed by atoms with Crippen LogP contribution in [-0.4, -0.2) is 171 Å². The summed E-state index contributed by atoms with van der Waals surface area (Å²) in [7, 11) is 4.58. The quantitative estimate of drug-likeness (QED) is 0.00748. The number of aliphatic hydroxyl groups excluding tert-OH is 1. The van der Waals surface area contributed by atoms with Gasteiger partial charge in [0.1, 0.15) is 109 Å². The predicted octanol–water partition coefficient (Wildman–Crippen LogP) is 8.94. The van der Waals surface area contributed by atoms with Crippen LogP contribution in [0.15, 0.2) is 159 Å². The molecule has 0 amide bonds. The van der Waals surface area contributed by atoms with Crippen LogP contribution in [0.25, 0.3) is 55.8 Å². The van der Waals surface area contributed by atoms with E-state index in [9.17, 15) is 74.6 Å². The molecule has 41 nitrogen and oxygen atoms in total. The molecule has 13 N–H and O–H groups in total. The van der Waals surface area contributed by atoms with Gasteiger partial charge in [0.25, 0.3) is 5.09 Å². The van der Waals surface area contributed by atoms with Crippen molar-refractivity contribution >= 4 is 92.2 Å². The number of anilines is 1. The van der Waals surface area contributed by atoms with Gasteiger partial charge in [-0.15, -0.1) is 10.1 Å². The predicted molar refractivity (Wildman–Crippen MR) is 370 cm³/mol. The van der Waals surface area contributed by atoms with Gasteiger partial charge in [0, 0.05) is 30.1 Å². The number of aromatic nitrogens is 8. The number of carbonyl (C=O) groups excluding carboxylic acids is 6. The van der Waals surface area contributed by atoms with Crippen molar-refractivity contribution in [1.29, 1.82) is 0 Å². The first kappa shape index (κ1) is 82.2. The third-order valence-corrected chi connectivity index (χ3v) is 14.1. The van der Waals surface area contributed by atoms with E-state index in [0.717, 1.165) is 43.3 Å². The number of nitrogen functional groups attached to an aromatic ring is 1. The largest absolute Gasteiger partial charge is 0.507 e. The molecule has 13 rings (SSSR count). The van der Waals surface area contributed by atoms with Crippen molar-refractivity contribution in [3.63, 3.8) is 0 Å². The second kappa shape index (κ2) is 38.5. The van der Waals surface area contributed by atoms with Crippen molar-refractivity contribution in [2.75, 3.05) is 34.2 Å². The Morgan fingerprint density at radius 1 is 0.541 bits per heavy atom. The molecule has 0 aliphatic carbocycles. The van der Waals surface area contributed by atoms with Crippen molar-refractivity contribution in [2.24, 2.45) is 0 Å². The second-order valence-corrected chi connectivity index (χ2v) is 21.0. The van der Waals surface area contributed by atoms with Gasteiger partial charge in [-0.2, -0.15) is 5.10 Å². The Hall–Kier alpha value is -15.7. The standard InChI is InChI=1S/C19H17N5O3.C9H7NO4.C8H7NO6.C8H9NO4.C8H7NO3.C8H5NO3.C8H8O4.HNO3/c1-12(2)24-16(5-6-23-24)18-13(7-20-10-21-18)9-26-17-4-3-15-19(14(17)8-25)27-11-22-15;1-13-9(12)7-6(11)3-2-5-8(7)14-4-10-5;1-15-8(12)6-5(10)3-2-4(7(6)11)9(13)14;1-13-8(12)6-5(10)3-2-4(9)7(6)11;2*10-3-5-7(11)2-1-6-8(5)12-4-9-6;1-12-8(11)7-5(9)3-2-4-6(7)10;2-1(3)4/h3-8,10-12H,9H2,1-2H3;2-4,11H,1H3;2-3,10-11H,1H3;2-3,10-11H,9H2,1H3;1-2,4,10-11H,3H2;1-4,11H;2-4,9-10H,1H3;(H,2,3,4). The average Bonchev–Trinajstić information content (AvgIpc) is 1.74. The number of oxazole rings is 4. The lowest BCUT2D eigenvalue weighted by atomic mass is 10.1. The number of ether oxygens (including phenoxy) is 5. The van der Waals surface area contributed by atoms with E-state index in [4.69, 9.17) is 58.8 Å². The number of phenolic OH excluding ortho intramolecular Hbond substituents is 8. The zero-order valence-corrected chi connectivity index (χ0v) is 57.2.